The van der Waals surface area contributed by atoms with E-state index >= 15 is 0 Å². The van der Waals surface area contributed by atoms with Crippen molar-refractivity contribution in [3.8, 4) is 0 Å². The Morgan fingerprint density at radius 2 is 2.28 bits per heavy atom. The van der Waals surface area contributed by atoms with Gasteiger partial charge in [-0.15, -0.1) is 11.3 Å². The van der Waals surface area contributed by atoms with Gasteiger partial charge >= 0.3 is 0 Å². The van der Waals surface area contributed by atoms with E-state index in [1.54, 1.807) is 0 Å². The molecule has 2 aliphatic rings. The highest BCUT2D eigenvalue weighted by atomic mass is 32.1. The van der Waals surface area contributed by atoms with Crippen LogP contribution < -0.4 is 5.32 Å². The van der Waals surface area contributed by atoms with Gasteiger partial charge in [-0.1, -0.05) is 18.9 Å². The Kier molecular flexibility index (Phi) is 3.73. The van der Waals surface area contributed by atoms with Crippen molar-refractivity contribution in [1.82, 2.24) is 5.32 Å². The molecule has 0 radical (unpaired) electrons. The highest BCUT2D eigenvalue weighted by Gasteiger charge is 2.42. The Bertz CT molecular complexity index is 370. The number of ether oxygens (including phenoxy) is 1. The van der Waals surface area contributed by atoms with E-state index in [2.05, 4.69) is 29.9 Å². The molecule has 1 aromatic heterocycles. The van der Waals surface area contributed by atoms with Gasteiger partial charge in [-0.3, -0.25) is 0 Å². The summed E-state index contributed by atoms with van der Waals surface area (Å²) in [6.45, 7) is 0.953. The summed E-state index contributed by atoms with van der Waals surface area (Å²) in [5.41, 5.74) is 0.231. The van der Waals surface area contributed by atoms with Crippen LogP contribution in [0.3, 0.4) is 0 Å². The van der Waals surface area contributed by atoms with Gasteiger partial charge in [0.05, 0.1) is 5.60 Å². The molecule has 1 aliphatic carbocycles. The van der Waals surface area contributed by atoms with Crippen LogP contribution in [0.2, 0.25) is 0 Å². The summed E-state index contributed by atoms with van der Waals surface area (Å²) in [5, 5.41) is 5.72. The van der Waals surface area contributed by atoms with Gasteiger partial charge < -0.3 is 10.1 Å². The maximum absolute atomic E-state index is 6.14. The number of rotatable bonds is 3. The van der Waals surface area contributed by atoms with Crippen molar-refractivity contribution in [3.63, 3.8) is 0 Å². The molecule has 1 aliphatic heterocycles. The van der Waals surface area contributed by atoms with Crippen molar-refractivity contribution in [2.45, 2.75) is 50.2 Å². The molecule has 18 heavy (non-hydrogen) atoms. The second kappa shape index (κ2) is 5.32. The average molecular weight is 265 g/mol. The van der Waals surface area contributed by atoms with Crippen LogP contribution in [0.4, 0.5) is 0 Å². The molecule has 1 saturated carbocycles. The minimum atomic E-state index is 0.231. The van der Waals surface area contributed by atoms with Crippen molar-refractivity contribution >= 4 is 11.3 Å². The van der Waals surface area contributed by atoms with Gasteiger partial charge in [0, 0.05) is 17.5 Å². The summed E-state index contributed by atoms with van der Waals surface area (Å²) in [5.74, 6) is 0.737. The van der Waals surface area contributed by atoms with Crippen LogP contribution in [0.15, 0.2) is 17.5 Å². The Morgan fingerprint density at radius 3 is 2.94 bits per heavy atom. The SMILES string of the molecule is CNC(c1cccs1)C1CCOC2(CCCC2)C1. The molecule has 2 heterocycles. The van der Waals surface area contributed by atoms with Crippen LogP contribution >= 0.6 is 11.3 Å². The summed E-state index contributed by atoms with van der Waals surface area (Å²) in [4.78, 5) is 1.48. The molecule has 3 heteroatoms. The van der Waals surface area contributed by atoms with Crippen molar-refractivity contribution in [3.05, 3.63) is 22.4 Å². The zero-order valence-electron chi connectivity index (χ0n) is 11.2. The minimum Gasteiger partial charge on any atom is -0.375 e. The topological polar surface area (TPSA) is 21.3 Å². The maximum Gasteiger partial charge on any atom is 0.0686 e. The van der Waals surface area contributed by atoms with Gasteiger partial charge in [0.25, 0.3) is 0 Å². The fourth-order valence-corrected chi connectivity index (χ4v) is 4.72. The molecule has 1 spiro atoms. The lowest BCUT2D eigenvalue weighted by molar-refractivity contribution is -0.0977. The van der Waals surface area contributed by atoms with Gasteiger partial charge in [0.1, 0.15) is 0 Å². The minimum absolute atomic E-state index is 0.231. The van der Waals surface area contributed by atoms with E-state index in [0.29, 0.717) is 6.04 Å². The third-order valence-electron chi connectivity index (χ3n) is 4.68. The fraction of sp³-hybridized carbons (Fsp3) is 0.733. The van der Waals surface area contributed by atoms with Crippen LogP contribution in [-0.4, -0.2) is 19.3 Å². The zero-order valence-corrected chi connectivity index (χ0v) is 12.0. The van der Waals surface area contributed by atoms with Crippen molar-refractivity contribution in [2.75, 3.05) is 13.7 Å². The van der Waals surface area contributed by atoms with Gasteiger partial charge in [0.15, 0.2) is 0 Å². The van der Waals surface area contributed by atoms with Crippen molar-refractivity contribution in [1.29, 1.82) is 0 Å². The largest absolute Gasteiger partial charge is 0.375 e. The molecule has 2 atom stereocenters. The van der Waals surface area contributed by atoms with E-state index in [4.69, 9.17) is 4.74 Å². The number of nitrogens with one attached hydrogen (secondary N) is 1. The number of thiophene rings is 1. The average Bonchev–Trinajstić information content (AvgIpc) is 3.03. The molecule has 1 N–H and O–H groups in total. The van der Waals surface area contributed by atoms with Crippen LogP contribution in [0.5, 0.6) is 0 Å². The lowest BCUT2D eigenvalue weighted by Crippen LogP contribution is -2.41. The van der Waals surface area contributed by atoms with E-state index in [0.717, 1.165) is 12.5 Å². The first-order valence-electron chi connectivity index (χ1n) is 7.18. The monoisotopic (exact) mass is 265 g/mol. The lowest BCUT2D eigenvalue weighted by Gasteiger charge is -2.41. The van der Waals surface area contributed by atoms with Crippen LogP contribution in [0.25, 0.3) is 0 Å². The van der Waals surface area contributed by atoms with Crippen molar-refractivity contribution < 1.29 is 4.74 Å². The molecule has 2 nitrogen and oxygen atoms in total. The molecule has 1 aromatic rings. The van der Waals surface area contributed by atoms with Gasteiger partial charge in [-0.25, -0.2) is 0 Å². The Labute approximate surface area is 114 Å². The third-order valence-corrected chi connectivity index (χ3v) is 5.63. The molecule has 1 saturated heterocycles. The van der Waals surface area contributed by atoms with Gasteiger partial charge in [-0.05, 0) is 50.1 Å². The molecule has 2 unspecified atom stereocenters. The smallest absolute Gasteiger partial charge is 0.0686 e. The second-order valence-electron chi connectivity index (χ2n) is 5.77. The normalized spacial score (nSPS) is 28.6. The standard InChI is InChI=1S/C15H23NOS/c1-16-14(13-5-4-10-18-13)12-6-9-17-15(11-12)7-2-3-8-15/h4-5,10,12,14,16H,2-3,6-9,11H2,1H3. The Hall–Kier alpha value is -0.380. The van der Waals surface area contributed by atoms with Crippen LogP contribution in [-0.2, 0) is 4.74 Å². The van der Waals surface area contributed by atoms with Gasteiger partial charge in [0.2, 0.25) is 0 Å². The fourth-order valence-electron chi connectivity index (χ4n) is 3.80. The first-order valence-corrected chi connectivity index (χ1v) is 8.06. The molecule has 0 amide bonds. The van der Waals surface area contributed by atoms with Gasteiger partial charge in [-0.2, -0.15) is 0 Å². The second-order valence-corrected chi connectivity index (χ2v) is 6.75. The summed E-state index contributed by atoms with van der Waals surface area (Å²) in [7, 11) is 2.10. The number of hydrogen-bond acceptors (Lipinski definition) is 3. The Morgan fingerprint density at radius 1 is 1.44 bits per heavy atom. The molecule has 0 bridgehead atoms. The van der Waals surface area contributed by atoms with E-state index in [9.17, 15) is 0 Å². The molecular weight excluding hydrogens is 242 g/mol. The first kappa shape index (κ1) is 12.6. The summed E-state index contributed by atoms with van der Waals surface area (Å²) in [6, 6.07) is 4.95. The molecule has 2 fully saturated rings. The van der Waals surface area contributed by atoms with Crippen LogP contribution in [0, 0.1) is 5.92 Å². The van der Waals surface area contributed by atoms with E-state index in [1.165, 1.54) is 43.4 Å². The third kappa shape index (κ3) is 2.36. The molecular formula is C15H23NOS. The van der Waals surface area contributed by atoms with Crippen LogP contribution in [0.1, 0.15) is 49.4 Å². The van der Waals surface area contributed by atoms with Crippen molar-refractivity contribution in [2.24, 2.45) is 5.92 Å². The number of hydrogen-bond donors (Lipinski definition) is 1. The molecule has 3 rings (SSSR count). The predicted molar refractivity (Wildman–Crippen MR) is 76.0 cm³/mol. The van der Waals surface area contributed by atoms with E-state index in [-0.39, 0.29) is 5.60 Å². The van der Waals surface area contributed by atoms with E-state index in [1.807, 2.05) is 11.3 Å². The first-order chi connectivity index (χ1) is 8.83. The highest BCUT2D eigenvalue weighted by molar-refractivity contribution is 7.10. The van der Waals surface area contributed by atoms with E-state index < -0.39 is 0 Å². The lowest BCUT2D eigenvalue weighted by atomic mass is 9.80. The predicted octanol–water partition coefficient (Wildman–Crippen LogP) is 3.75. The Balaban J connectivity index is 1.74. The summed E-state index contributed by atoms with van der Waals surface area (Å²) >= 11 is 1.88. The molecule has 100 valence electrons. The summed E-state index contributed by atoms with van der Waals surface area (Å²) < 4.78 is 6.14. The quantitative estimate of drug-likeness (QED) is 0.898. The summed E-state index contributed by atoms with van der Waals surface area (Å²) in [6.07, 6.45) is 7.72. The highest BCUT2D eigenvalue weighted by Crippen LogP contribution is 2.45. The molecule has 0 aromatic carbocycles. The zero-order chi connectivity index (χ0) is 12.4. The maximum atomic E-state index is 6.14.